The van der Waals surface area contributed by atoms with Crippen molar-refractivity contribution in [3.05, 3.63) is 64.0 Å². The van der Waals surface area contributed by atoms with Crippen molar-refractivity contribution in [2.45, 2.75) is 26.8 Å². The van der Waals surface area contributed by atoms with Gasteiger partial charge in [0.15, 0.2) is 5.78 Å². The number of aryl methyl sites for hydroxylation is 2. The van der Waals surface area contributed by atoms with Gasteiger partial charge in [-0.15, -0.1) is 0 Å². The quantitative estimate of drug-likeness (QED) is 0.301. The molecule has 0 saturated heterocycles. The highest BCUT2D eigenvalue weighted by atomic mass is 16.6. The summed E-state index contributed by atoms with van der Waals surface area (Å²) in [5.74, 6) is 0.755. The minimum atomic E-state index is -0.470. The van der Waals surface area contributed by atoms with Gasteiger partial charge in [0.05, 0.1) is 16.0 Å². The Morgan fingerprint density at radius 3 is 2.77 bits per heavy atom. The average Bonchev–Trinajstić information content (AvgIpc) is 2.93. The van der Waals surface area contributed by atoms with Crippen molar-refractivity contribution in [1.29, 1.82) is 0 Å². The molecule has 0 saturated carbocycles. The van der Waals surface area contributed by atoms with Gasteiger partial charge in [0.1, 0.15) is 11.5 Å². The molecule has 3 aromatic rings. The van der Waals surface area contributed by atoms with E-state index in [2.05, 4.69) is 14.9 Å². The summed E-state index contributed by atoms with van der Waals surface area (Å²) in [5, 5.41) is 14.4. The van der Waals surface area contributed by atoms with E-state index < -0.39 is 4.92 Å². The van der Waals surface area contributed by atoms with E-state index in [1.807, 2.05) is 31.2 Å². The second-order valence-electron chi connectivity index (χ2n) is 6.12. The molecule has 1 aromatic heterocycles. The summed E-state index contributed by atoms with van der Waals surface area (Å²) in [5.41, 5.74) is 2.73. The van der Waals surface area contributed by atoms with Crippen molar-refractivity contribution in [2.24, 2.45) is 0 Å². The van der Waals surface area contributed by atoms with Crippen LogP contribution in [-0.2, 0) is 6.54 Å². The number of rotatable bonds is 7. The lowest BCUT2D eigenvalue weighted by atomic mass is 10.1. The molecule has 0 radical (unpaired) electrons. The number of imidazole rings is 1. The fourth-order valence-electron chi connectivity index (χ4n) is 2.99. The van der Waals surface area contributed by atoms with Gasteiger partial charge < -0.3 is 9.88 Å². The number of hydrogen-bond donors (Lipinski definition) is 1. The van der Waals surface area contributed by atoms with Gasteiger partial charge in [-0.05, 0) is 44.5 Å². The molecule has 0 spiro atoms. The number of para-hydroxylation sites is 2. The third-order valence-electron chi connectivity index (χ3n) is 4.32. The fraction of sp³-hybridized carbons (Fsp3) is 0.263. The number of anilines is 1. The van der Waals surface area contributed by atoms with Crippen molar-refractivity contribution in [3.63, 3.8) is 0 Å². The van der Waals surface area contributed by atoms with E-state index in [4.69, 9.17) is 0 Å². The number of nitro groups is 1. The first kappa shape index (κ1) is 17.6. The molecule has 0 aliphatic rings. The Morgan fingerprint density at radius 2 is 2.04 bits per heavy atom. The monoisotopic (exact) mass is 352 g/mol. The van der Waals surface area contributed by atoms with Crippen LogP contribution in [0.3, 0.4) is 0 Å². The molecule has 0 atom stereocenters. The van der Waals surface area contributed by atoms with Crippen LogP contribution in [0.1, 0.15) is 29.5 Å². The summed E-state index contributed by atoms with van der Waals surface area (Å²) in [6.07, 6.45) is 0.785. The number of carbonyl (C=O) groups is 1. The molecule has 0 fully saturated rings. The predicted octanol–water partition coefficient (Wildman–Crippen LogP) is 3.96. The first-order valence-corrected chi connectivity index (χ1v) is 8.42. The van der Waals surface area contributed by atoms with Crippen LogP contribution < -0.4 is 5.32 Å². The van der Waals surface area contributed by atoms with Crippen molar-refractivity contribution < 1.29 is 9.72 Å². The fourth-order valence-corrected chi connectivity index (χ4v) is 2.99. The number of benzene rings is 2. The molecule has 1 N–H and O–H groups in total. The number of ketones is 1. The van der Waals surface area contributed by atoms with Crippen molar-refractivity contribution in [2.75, 3.05) is 11.9 Å². The maximum atomic E-state index is 11.4. The Morgan fingerprint density at radius 1 is 1.27 bits per heavy atom. The summed E-state index contributed by atoms with van der Waals surface area (Å²) < 4.78 is 2.14. The second-order valence-corrected chi connectivity index (χ2v) is 6.12. The highest BCUT2D eigenvalue weighted by Gasteiger charge is 2.16. The van der Waals surface area contributed by atoms with Crippen LogP contribution in [0.2, 0.25) is 0 Å². The highest BCUT2D eigenvalue weighted by molar-refractivity contribution is 5.95. The third-order valence-corrected chi connectivity index (χ3v) is 4.32. The van der Waals surface area contributed by atoms with Crippen molar-refractivity contribution in [1.82, 2.24) is 9.55 Å². The van der Waals surface area contributed by atoms with E-state index in [9.17, 15) is 14.9 Å². The summed E-state index contributed by atoms with van der Waals surface area (Å²) in [7, 11) is 0. The molecule has 0 unspecified atom stereocenters. The molecule has 7 heteroatoms. The lowest BCUT2D eigenvalue weighted by Crippen LogP contribution is -2.09. The standard InChI is InChI=1S/C19H20N4O3/c1-13(24)15-8-9-16(19(12-15)23(25)26)20-10-5-11-22-14(2)21-17-6-3-4-7-18(17)22/h3-4,6-9,12,20H,5,10-11H2,1-2H3. The van der Waals surface area contributed by atoms with Crippen molar-refractivity contribution in [3.8, 4) is 0 Å². The topological polar surface area (TPSA) is 90.1 Å². The largest absolute Gasteiger partial charge is 0.379 e. The highest BCUT2D eigenvalue weighted by Crippen LogP contribution is 2.26. The van der Waals surface area contributed by atoms with Gasteiger partial charge in [-0.2, -0.15) is 0 Å². The first-order chi connectivity index (χ1) is 12.5. The van der Waals surface area contributed by atoms with E-state index in [1.165, 1.54) is 13.0 Å². The van der Waals surface area contributed by atoms with E-state index >= 15 is 0 Å². The normalized spacial score (nSPS) is 10.8. The Labute approximate surface area is 150 Å². The minimum absolute atomic E-state index is 0.0815. The third kappa shape index (κ3) is 3.56. The summed E-state index contributed by atoms with van der Waals surface area (Å²) in [6.45, 7) is 4.70. The molecular weight excluding hydrogens is 332 g/mol. The molecule has 0 amide bonds. The molecule has 3 rings (SSSR count). The maximum Gasteiger partial charge on any atom is 0.293 e. The van der Waals surface area contributed by atoms with Gasteiger partial charge in [0.25, 0.3) is 5.69 Å². The SMILES string of the molecule is CC(=O)c1ccc(NCCCn2c(C)nc3ccccc32)c([N+](=O)[O-])c1. The smallest absolute Gasteiger partial charge is 0.293 e. The number of carbonyl (C=O) groups excluding carboxylic acids is 1. The summed E-state index contributed by atoms with van der Waals surface area (Å²) in [4.78, 5) is 26.7. The molecule has 26 heavy (non-hydrogen) atoms. The molecule has 7 nitrogen and oxygen atoms in total. The zero-order valence-electron chi connectivity index (χ0n) is 14.7. The van der Waals surface area contributed by atoms with Gasteiger partial charge in [0.2, 0.25) is 0 Å². The van der Waals surface area contributed by atoms with Crippen LogP contribution in [-0.4, -0.2) is 26.8 Å². The predicted molar refractivity (Wildman–Crippen MR) is 101 cm³/mol. The van der Waals surface area contributed by atoms with E-state index in [1.54, 1.807) is 12.1 Å². The maximum absolute atomic E-state index is 11.4. The molecule has 2 aromatic carbocycles. The number of Topliss-reactive ketones (excluding diaryl/α,β-unsaturated/α-hetero) is 1. The molecule has 0 aliphatic heterocycles. The Bertz CT molecular complexity index is 978. The molecule has 0 bridgehead atoms. The number of nitrogens with one attached hydrogen (secondary N) is 1. The Hall–Kier alpha value is -3.22. The number of aromatic nitrogens is 2. The van der Waals surface area contributed by atoms with Gasteiger partial charge in [-0.3, -0.25) is 14.9 Å². The van der Waals surface area contributed by atoms with Gasteiger partial charge in [-0.25, -0.2) is 4.98 Å². The zero-order chi connectivity index (χ0) is 18.7. The van der Waals surface area contributed by atoms with Crippen LogP contribution in [0.15, 0.2) is 42.5 Å². The van der Waals surface area contributed by atoms with Crippen LogP contribution >= 0.6 is 0 Å². The molecular formula is C19H20N4O3. The van der Waals surface area contributed by atoms with E-state index in [0.717, 1.165) is 29.8 Å². The summed E-state index contributed by atoms with van der Waals surface area (Å²) in [6, 6.07) is 12.5. The Kier molecular flexibility index (Phi) is 4.97. The number of nitro benzene ring substituents is 1. The Balaban J connectivity index is 1.67. The first-order valence-electron chi connectivity index (χ1n) is 8.42. The van der Waals surface area contributed by atoms with Gasteiger partial charge >= 0.3 is 0 Å². The number of nitrogens with zero attached hydrogens (tertiary/aromatic N) is 3. The van der Waals surface area contributed by atoms with Gasteiger partial charge in [-0.1, -0.05) is 12.1 Å². The second kappa shape index (κ2) is 7.35. The lowest BCUT2D eigenvalue weighted by molar-refractivity contribution is -0.384. The average molecular weight is 352 g/mol. The van der Waals surface area contributed by atoms with Gasteiger partial charge in [0, 0.05) is 24.7 Å². The summed E-state index contributed by atoms with van der Waals surface area (Å²) >= 11 is 0. The van der Waals surface area contributed by atoms with Crippen LogP contribution in [0.4, 0.5) is 11.4 Å². The van der Waals surface area contributed by atoms with Crippen LogP contribution in [0.5, 0.6) is 0 Å². The molecule has 134 valence electrons. The lowest BCUT2D eigenvalue weighted by Gasteiger charge is -2.10. The van der Waals surface area contributed by atoms with Crippen LogP contribution in [0.25, 0.3) is 11.0 Å². The number of hydrogen-bond acceptors (Lipinski definition) is 5. The molecule has 0 aliphatic carbocycles. The zero-order valence-corrected chi connectivity index (χ0v) is 14.7. The van der Waals surface area contributed by atoms with E-state index in [0.29, 0.717) is 17.8 Å². The van der Waals surface area contributed by atoms with Crippen molar-refractivity contribution >= 4 is 28.2 Å². The number of fused-ring (bicyclic) bond motifs is 1. The minimum Gasteiger partial charge on any atom is -0.379 e. The van der Waals surface area contributed by atoms with Crippen LogP contribution in [0, 0.1) is 17.0 Å². The molecule has 1 heterocycles. The van der Waals surface area contributed by atoms with E-state index in [-0.39, 0.29) is 11.5 Å².